The Kier molecular flexibility index (Phi) is 5.09. The highest BCUT2D eigenvalue weighted by Gasteiger charge is 2.29. The summed E-state index contributed by atoms with van der Waals surface area (Å²) in [6.45, 7) is 0.756. The number of phenolic OH excluding ortho intramolecular Hbond substituents is 1. The summed E-state index contributed by atoms with van der Waals surface area (Å²) in [5, 5.41) is 19.9. The molecule has 7 heteroatoms. The van der Waals surface area contributed by atoms with E-state index in [0.29, 0.717) is 59.4 Å². The van der Waals surface area contributed by atoms with Gasteiger partial charge in [-0.2, -0.15) is 0 Å². The maximum atomic E-state index is 13.5. The quantitative estimate of drug-likeness (QED) is 0.459. The van der Waals surface area contributed by atoms with E-state index in [-0.39, 0.29) is 17.1 Å². The number of nitrogens with zero attached hydrogens (tertiary/aromatic N) is 1. The Hall–Kier alpha value is -4.13. The lowest BCUT2D eigenvalue weighted by Gasteiger charge is -2.31. The minimum Gasteiger partial charge on any atom is -0.508 e. The predicted octanol–water partition coefficient (Wildman–Crippen LogP) is 4.21. The molecule has 0 spiro atoms. The smallest absolute Gasteiger partial charge is 0.306 e. The molecule has 2 heterocycles. The predicted molar refractivity (Wildman–Crippen MR) is 122 cm³/mol. The number of carbonyl (C=O) groups is 2. The largest absolute Gasteiger partial charge is 0.508 e. The molecular formula is C26H21NO6. The Morgan fingerprint density at radius 3 is 2.45 bits per heavy atom. The summed E-state index contributed by atoms with van der Waals surface area (Å²) in [7, 11) is 0. The highest BCUT2D eigenvalue weighted by atomic mass is 16.4. The maximum Gasteiger partial charge on any atom is 0.306 e. The number of hydrogen-bond acceptors (Lipinski definition) is 5. The lowest BCUT2D eigenvalue weighted by molar-refractivity contribution is -0.143. The van der Waals surface area contributed by atoms with Crippen LogP contribution in [0.25, 0.3) is 33.4 Å². The van der Waals surface area contributed by atoms with Crippen molar-refractivity contribution in [2.24, 2.45) is 5.92 Å². The summed E-state index contributed by atoms with van der Waals surface area (Å²) in [4.78, 5) is 38.5. The van der Waals surface area contributed by atoms with E-state index in [4.69, 9.17) is 4.42 Å². The fourth-order valence-electron chi connectivity index (χ4n) is 4.54. The summed E-state index contributed by atoms with van der Waals surface area (Å²) < 4.78 is 5.91. The molecule has 1 saturated heterocycles. The van der Waals surface area contributed by atoms with E-state index in [9.17, 15) is 24.6 Å². The Balaban J connectivity index is 1.67. The summed E-state index contributed by atoms with van der Waals surface area (Å²) in [6.07, 6.45) is 0.843. The number of carbonyl (C=O) groups excluding carboxylic acids is 1. The molecule has 0 bridgehead atoms. The standard InChI is InChI=1S/C26H21NO6/c28-16-5-7-20-22(13-16)33-23-14-17(29)6-8-21(23)24(20)18-3-1-2-4-19(18)25(30)27-11-9-15(10-12-27)26(31)32/h1-8,13-15,28H,9-12H2,(H,31,32). The SMILES string of the molecule is O=C(O)C1CCN(C(=O)c2ccccc2-c2c3ccc(=O)cc-3oc3cc(O)ccc23)CC1. The lowest BCUT2D eigenvalue weighted by Crippen LogP contribution is -2.40. The first kappa shape index (κ1) is 20.8. The number of piperidine rings is 1. The zero-order valence-corrected chi connectivity index (χ0v) is 17.7. The number of phenols is 1. The second-order valence-electron chi connectivity index (χ2n) is 8.27. The molecule has 0 unspecified atom stereocenters. The van der Waals surface area contributed by atoms with Crippen molar-refractivity contribution in [1.29, 1.82) is 0 Å². The summed E-state index contributed by atoms with van der Waals surface area (Å²) >= 11 is 0. The molecule has 1 aliphatic carbocycles. The number of carboxylic acid groups (broad SMARTS) is 1. The molecule has 3 aliphatic rings. The molecule has 0 saturated carbocycles. The fourth-order valence-corrected chi connectivity index (χ4v) is 4.54. The Morgan fingerprint density at radius 2 is 1.70 bits per heavy atom. The molecule has 2 aromatic carbocycles. The molecule has 1 fully saturated rings. The van der Waals surface area contributed by atoms with Gasteiger partial charge in [-0.25, -0.2) is 0 Å². The van der Waals surface area contributed by atoms with Gasteiger partial charge in [0.05, 0.1) is 5.92 Å². The van der Waals surface area contributed by atoms with Crippen LogP contribution in [-0.4, -0.2) is 40.1 Å². The lowest BCUT2D eigenvalue weighted by atomic mass is 9.90. The number of carboxylic acids is 1. The normalized spacial score (nSPS) is 14.6. The van der Waals surface area contributed by atoms with E-state index in [1.807, 2.05) is 12.1 Å². The number of benzene rings is 3. The second kappa shape index (κ2) is 8.09. The van der Waals surface area contributed by atoms with Gasteiger partial charge in [-0.1, -0.05) is 18.2 Å². The van der Waals surface area contributed by atoms with Gasteiger partial charge < -0.3 is 19.5 Å². The van der Waals surface area contributed by atoms with Crippen LogP contribution >= 0.6 is 0 Å². The van der Waals surface area contributed by atoms with Crippen LogP contribution in [0.15, 0.2) is 69.9 Å². The van der Waals surface area contributed by atoms with Crippen LogP contribution in [-0.2, 0) is 4.79 Å². The zero-order chi connectivity index (χ0) is 23.1. The Labute approximate surface area is 188 Å². The molecule has 1 amide bonds. The van der Waals surface area contributed by atoms with Crippen LogP contribution in [0, 0.1) is 5.92 Å². The second-order valence-corrected chi connectivity index (χ2v) is 8.27. The van der Waals surface area contributed by atoms with Crippen molar-refractivity contribution < 1.29 is 24.2 Å². The molecule has 166 valence electrons. The summed E-state index contributed by atoms with van der Waals surface area (Å²) in [5.41, 5.74) is 2.76. The first-order valence-corrected chi connectivity index (χ1v) is 10.7. The van der Waals surface area contributed by atoms with Gasteiger partial charge in [0.25, 0.3) is 5.91 Å². The van der Waals surface area contributed by atoms with Crippen molar-refractivity contribution in [3.8, 4) is 28.2 Å². The van der Waals surface area contributed by atoms with Crippen molar-refractivity contribution in [3.63, 3.8) is 0 Å². The van der Waals surface area contributed by atoms with Crippen LogP contribution in [0.4, 0.5) is 0 Å². The van der Waals surface area contributed by atoms with Crippen molar-refractivity contribution in [2.45, 2.75) is 12.8 Å². The van der Waals surface area contributed by atoms with E-state index in [0.717, 1.165) is 5.56 Å². The van der Waals surface area contributed by atoms with E-state index in [1.165, 1.54) is 18.2 Å². The Morgan fingerprint density at radius 1 is 0.939 bits per heavy atom. The third-order valence-electron chi connectivity index (χ3n) is 6.24. The van der Waals surface area contributed by atoms with Gasteiger partial charge >= 0.3 is 5.97 Å². The first-order chi connectivity index (χ1) is 15.9. The number of fused-ring (bicyclic) bond motifs is 2. The first-order valence-electron chi connectivity index (χ1n) is 10.7. The van der Waals surface area contributed by atoms with Gasteiger partial charge in [-0.05, 0) is 48.7 Å². The molecule has 0 atom stereocenters. The topological polar surface area (TPSA) is 108 Å². The molecule has 2 N–H and O–H groups in total. The molecule has 2 aliphatic heterocycles. The number of amides is 1. The van der Waals surface area contributed by atoms with Crippen molar-refractivity contribution >= 4 is 22.8 Å². The third kappa shape index (κ3) is 3.71. The van der Waals surface area contributed by atoms with Gasteiger partial charge in [-0.3, -0.25) is 14.4 Å². The average Bonchev–Trinajstić information content (AvgIpc) is 2.82. The van der Waals surface area contributed by atoms with E-state index in [2.05, 4.69) is 0 Å². The van der Waals surface area contributed by atoms with E-state index >= 15 is 0 Å². The minimum absolute atomic E-state index is 0.0282. The summed E-state index contributed by atoms with van der Waals surface area (Å²) in [5.74, 6) is -1.03. The van der Waals surface area contributed by atoms with Crippen LogP contribution in [0.3, 0.4) is 0 Å². The zero-order valence-electron chi connectivity index (χ0n) is 17.7. The number of rotatable bonds is 3. The number of hydrogen-bond donors (Lipinski definition) is 2. The van der Waals surface area contributed by atoms with Crippen LogP contribution in [0.1, 0.15) is 23.2 Å². The van der Waals surface area contributed by atoms with Gasteiger partial charge in [0.1, 0.15) is 17.1 Å². The van der Waals surface area contributed by atoms with Gasteiger partial charge in [0, 0.05) is 47.3 Å². The minimum atomic E-state index is -0.825. The average molecular weight is 443 g/mol. The molecule has 33 heavy (non-hydrogen) atoms. The molecule has 7 nitrogen and oxygen atoms in total. The van der Waals surface area contributed by atoms with Crippen LogP contribution in [0.5, 0.6) is 5.75 Å². The van der Waals surface area contributed by atoms with Gasteiger partial charge in [0.2, 0.25) is 0 Å². The highest BCUT2D eigenvalue weighted by Crippen LogP contribution is 2.42. The van der Waals surface area contributed by atoms with Crippen LogP contribution < -0.4 is 5.43 Å². The van der Waals surface area contributed by atoms with E-state index < -0.39 is 11.9 Å². The van der Waals surface area contributed by atoms with Crippen molar-refractivity contribution in [1.82, 2.24) is 4.90 Å². The fraction of sp³-hybridized carbons (Fsp3) is 0.192. The monoisotopic (exact) mass is 443 g/mol. The third-order valence-corrected chi connectivity index (χ3v) is 6.24. The van der Waals surface area contributed by atoms with E-state index in [1.54, 1.807) is 35.2 Å². The highest BCUT2D eigenvalue weighted by molar-refractivity contribution is 6.09. The summed E-state index contributed by atoms with van der Waals surface area (Å²) in [6, 6.07) is 16.5. The number of likely N-dealkylation sites (tertiary alicyclic amines) is 1. The van der Waals surface area contributed by atoms with Gasteiger partial charge in [0.15, 0.2) is 5.43 Å². The molecule has 0 radical (unpaired) electrons. The van der Waals surface area contributed by atoms with Crippen LogP contribution in [0.2, 0.25) is 0 Å². The molecular weight excluding hydrogens is 422 g/mol. The molecule has 5 rings (SSSR count). The molecule has 0 aromatic heterocycles. The van der Waals surface area contributed by atoms with Crippen molar-refractivity contribution in [2.75, 3.05) is 13.1 Å². The van der Waals surface area contributed by atoms with Crippen molar-refractivity contribution in [3.05, 3.63) is 76.5 Å². The number of aliphatic carboxylic acids is 1. The maximum absolute atomic E-state index is 13.5. The van der Waals surface area contributed by atoms with Gasteiger partial charge in [-0.15, -0.1) is 0 Å². The molecule has 2 aromatic rings. The Bertz CT molecular complexity index is 1410. The number of aromatic hydroxyl groups is 1.